The lowest BCUT2D eigenvalue weighted by atomic mass is 10.0. The molecule has 3 rings (SSSR count). The molecule has 0 spiro atoms. The fraction of sp³-hybridized carbons (Fsp3) is 0.125. The summed E-state index contributed by atoms with van der Waals surface area (Å²) in [6, 6.07) is 10.2. The Morgan fingerprint density at radius 2 is 2.10 bits per heavy atom. The van der Waals surface area contributed by atoms with Crippen LogP contribution in [0.2, 0.25) is 0 Å². The Kier molecular flexibility index (Phi) is 3.55. The number of ether oxygens (including phenoxy) is 1. The van der Waals surface area contributed by atoms with Crippen LogP contribution in [0.4, 0.5) is 4.79 Å². The summed E-state index contributed by atoms with van der Waals surface area (Å²) in [6.45, 7) is 0. The zero-order valence-electron chi connectivity index (χ0n) is 11.1. The third kappa shape index (κ3) is 2.86. The van der Waals surface area contributed by atoms with E-state index in [1.807, 2.05) is 12.1 Å². The first-order valence-corrected chi connectivity index (χ1v) is 6.53. The van der Waals surface area contributed by atoms with Gasteiger partial charge in [-0.15, -0.1) is 0 Å². The van der Waals surface area contributed by atoms with Gasteiger partial charge in [0.15, 0.2) is 0 Å². The normalized spacial score (nSPS) is 17.8. The molecule has 0 saturated carbocycles. The molecule has 21 heavy (non-hydrogen) atoms. The van der Waals surface area contributed by atoms with E-state index in [1.165, 1.54) is 0 Å². The highest BCUT2D eigenvalue weighted by Gasteiger charge is 2.40. The fourth-order valence-electron chi connectivity index (χ4n) is 2.06. The minimum atomic E-state index is -0.653. The third-order valence-corrected chi connectivity index (χ3v) is 3.18. The van der Waals surface area contributed by atoms with Gasteiger partial charge < -0.3 is 9.15 Å². The molecule has 2 heterocycles. The number of imide groups is 1. The second-order valence-corrected chi connectivity index (χ2v) is 4.63. The predicted molar refractivity (Wildman–Crippen MR) is 75.5 cm³/mol. The van der Waals surface area contributed by atoms with Crippen molar-refractivity contribution in [3.8, 4) is 5.75 Å². The fourth-order valence-corrected chi connectivity index (χ4v) is 2.06. The van der Waals surface area contributed by atoms with Crippen LogP contribution in [0.15, 0.2) is 59.4 Å². The van der Waals surface area contributed by atoms with Gasteiger partial charge in [-0.25, -0.2) is 9.69 Å². The Hall–Kier alpha value is -2.82. The van der Waals surface area contributed by atoms with Crippen molar-refractivity contribution in [3.05, 3.63) is 60.6 Å². The van der Waals surface area contributed by atoms with Gasteiger partial charge in [0.25, 0.3) is 0 Å². The van der Waals surface area contributed by atoms with Crippen LogP contribution in [0.5, 0.6) is 5.75 Å². The molecular formula is C16H13NO4. The van der Waals surface area contributed by atoms with Crippen LogP contribution in [0, 0.1) is 0 Å². The molecule has 1 aromatic carbocycles. The van der Waals surface area contributed by atoms with Crippen LogP contribution in [0.1, 0.15) is 12.0 Å². The molecule has 1 aliphatic rings. The SMILES string of the molecule is O=C1C[C@@H](/C=C/c2ccoc2)N1C(=O)Oc1ccccc1. The molecule has 5 nitrogen and oxygen atoms in total. The lowest BCUT2D eigenvalue weighted by Gasteiger charge is -2.35. The quantitative estimate of drug-likeness (QED) is 0.812. The molecule has 0 unspecified atom stereocenters. The van der Waals surface area contributed by atoms with E-state index in [0.29, 0.717) is 12.2 Å². The summed E-state index contributed by atoms with van der Waals surface area (Å²) >= 11 is 0. The van der Waals surface area contributed by atoms with Crippen molar-refractivity contribution in [2.75, 3.05) is 0 Å². The molecule has 5 heteroatoms. The minimum Gasteiger partial charge on any atom is -0.472 e. The number of likely N-dealkylation sites (tertiary alicyclic amines) is 1. The first kappa shape index (κ1) is 13.2. The molecule has 0 radical (unpaired) electrons. The second kappa shape index (κ2) is 5.66. The van der Waals surface area contributed by atoms with Gasteiger partial charge in [-0.05, 0) is 18.2 Å². The van der Waals surface area contributed by atoms with Crippen LogP contribution >= 0.6 is 0 Å². The van der Waals surface area contributed by atoms with Gasteiger partial charge in [0.2, 0.25) is 5.91 Å². The summed E-state index contributed by atoms with van der Waals surface area (Å²) in [5, 5.41) is 0. The van der Waals surface area contributed by atoms with E-state index in [2.05, 4.69) is 0 Å². The molecule has 2 aromatic rings. The number of carbonyl (C=O) groups is 2. The average Bonchev–Trinajstić information content (AvgIpc) is 2.97. The Bertz CT molecular complexity index is 661. The summed E-state index contributed by atoms with van der Waals surface area (Å²) in [6.07, 6.45) is 6.40. The van der Waals surface area contributed by atoms with Gasteiger partial charge in [0, 0.05) is 5.56 Å². The van der Waals surface area contributed by atoms with E-state index in [1.54, 1.807) is 48.9 Å². The van der Waals surface area contributed by atoms with Crippen molar-refractivity contribution < 1.29 is 18.7 Å². The van der Waals surface area contributed by atoms with E-state index in [0.717, 1.165) is 10.5 Å². The summed E-state index contributed by atoms with van der Waals surface area (Å²) in [7, 11) is 0. The van der Waals surface area contributed by atoms with Crippen LogP contribution in [0.3, 0.4) is 0 Å². The Morgan fingerprint density at radius 3 is 2.76 bits per heavy atom. The summed E-state index contributed by atoms with van der Waals surface area (Å²) in [4.78, 5) is 24.7. The van der Waals surface area contributed by atoms with Crippen LogP contribution in [-0.2, 0) is 4.79 Å². The van der Waals surface area contributed by atoms with Crippen LogP contribution < -0.4 is 4.74 Å². The molecule has 0 bridgehead atoms. The standard InChI is InChI=1S/C16H13NO4/c18-15-10-13(7-6-12-8-9-20-11-12)17(15)16(19)21-14-4-2-1-3-5-14/h1-9,11,13H,10H2/b7-6+/t13-/m1/s1. The summed E-state index contributed by atoms with van der Waals surface area (Å²) < 4.78 is 10.1. The van der Waals surface area contributed by atoms with Crippen LogP contribution in [-0.4, -0.2) is 22.9 Å². The molecule has 1 saturated heterocycles. The van der Waals surface area contributed by atoms with Gasteiger partial charge in [-0.1, -0.05) is 30.4 Å². The molecule has 1 atom stereocenters. The highest BCUT2D eigenvalue weighted by molar-refractivity contribution is 5.99. The largest absolute Gasteiger partial charge is 0.472 e. The number of carbonyl (C=O) groups excluding carboxylic acids is 2. The maximum atomic E-state index is 12.0. The van der Waals surface area contributed by atoms with Crippen molar-refractivity contribution in [1.82, 2.24) is 4.90 Å². The summed E-state index contributed by atoms with van der Waals surface area (Å²) in [5.74, 6) is 0.178. The summed E-state index contributed by atoms with van der Waals surface area (Å²) in [5.41, 5.74) is 0.880. The lowest BCUT2D eigenvalue weighted by Crippen LogP contribution is -2.55. The molecular weight excluding hydrogens is 270 g/mol. The predicted octanol–water partition coefficient (Wildman–Crippen LogP) is 3.09. The molecule has 0 aliphatic carbocycles. The number of hydrogen-bond donors (Lipinski definition) is 0. The first-order chi connectivity index (χ1) is 10.2. The average molecular weight is 283 g/mol. The van der Waals surface area contributed by atoms with Crippen molar-refractivity contribution >= 4 is 18.1 Å². The number of β-lactam (4-membered cyclic amide) rings is 1. The van der Waals surface area contributed by atoms with Crippen molar-refractivity contribution in [2.24, 2.45) is 0 Å². The lowest BCUT2D eigenvalue weighted by molar-refractivity contribution is -0.139. The highest BCUT2D eigenvalue weighted by Crippen LogP contribution is 2.23. The molecule has 106 valence electrons. The van der Waals surface area contributed by atoms with Gasteiger partial charge in [0.05, 0.1) is 25.0 Å². The van der Waals surface area contributed by atoms with Crippen LogP contribution in [0.25, 0.3) is 6.08 Å². The highest BCUT2D eigenvalue weighted by atomic mass is 16.6. The van der Waals surface area contributed by atoms with E-state index in [9.17, 15) is 9.59 Å². The van der Waals surface area contributed by atoms with E-state index < -0.39 is 6.09 Å². The smallest absolute Gasteiger partial charge is 0.422 e. The van der Waals surface area contributed by atoms with E-state index >= 15 is 0 Å². The number of para-hydroxylation sites is 1. The number of rotatable bonds is 3. The molecule has 1 fully saturated rings. The van der Waals surface area contributed by atoms with Gasteiger partial charge in [-0.2, -0.15) is 0 Å². The van der Waals surface area contributed by atoms with Gasteiger partial charge >= 0.3 is 6.09 Å². The van der Waals surface area contributed by atoms with Gasteiger partial charge in [0.1, 0.15) is 5.75 Å². The first-order valence-electron chi connectivity index (χ1n) is 6.53. The number of amides is 2. The monoisotopic (exact) mass is 283 g/mol. The van der Waals surface area contributed by atoms with Crippen molar-refractivity contribution in [1.29, 1.82) is 0 Å². The molecule has 1 aliphatic heterocycles. The Labute approximate surface area is 121 Å². The number of hydrogen-bond acceptors (Lipinski definition) is 4. The maximum Gasteiger partial charge on any atom is 0.422 e. The number of benzene rings is 1. The van der Waals surface area contributed by atoms with E-state index in [-0.39, 0.29) is 11.9 Å². The van der Waals surface area contributed by atoms with Crippen molar-refractivity contribution in [3.63, 3.8) is 0 Å². The number of furan rings is 1. The van der Waals surface area contributed by atoms with Gasteiger partial charge in [-0.3, -0.25) is 4.79 Å². The third-order valence-electron chi connectivity index (χ3n) is 3.18. The molecule has 2 amide bonds. The topological polar surface area (TPSA) is 59.8 Å². The molecule has 1 aromatic heterocycles. The van der Waals surface area contributed by atoms with Crippen molar-refractivity contribution in [2.45, 2.75) is 12.5 Å². The second-order valence-electron chi connectivity index (χ2n) is 4.63. The Balaban J connectivity index is 1.65. The molecule has 0 N–H and O–H groups in total. The zero-order valence-corrected chi connectivity index (χ0v) is 11.1. The zero-order chi connectivity index (χ0) is 14.7. The Morgan fingerprint density at radius 1 is 1.29 bits per heavy atom. The van der Waals surface area contributed by atoms with E-state index in [4.69, 9.17) is 9.15 Å². The maximum absolute atomic E-state index is 12.0. The minimum absolute atomic E-state index is 0.238. The number of nitrogens with zero attached hydrogens (tertiary/aromatic N) is 1.